The van der Waals surface area contributed by atoms with Gasteiger partial charge in [0.1, 0.15) is 10.6 Å². The summed E-state index contributed by atoms with van der Waals surface area (Å²) in [5.41, 5.74) is 1.62. The average Bonchev–Trinajstić information content (AvgIpc) is 3.04. The van der Waals surface area contributed by atoms with Crippen molar-refractivity contribution in [3.63, 3.8) is 0 Å². The molecular formula is C23H28N2O4S. The highest BCUT2D eigenvalue weighted by Crippen LogP contribution is 2.31. The zero-order valence-corrected chi connectivity index (χ0v) is 18.1. The van der Waals surface area contributed by atoms with Crippen molar-refractivity contribution >= 4 is 21.8 Å². The molecule has 2 amide bonds. The molecule has 0 unspecified atom stereocenters. The first-order valence-corrected chi connectivity index (χ1v) is 12.0. The van der Waals surface area contributed by atoms with Crippen molar-refractivity contribution in [2.75, 3.05) is 24.5 Å². The first-order chi connectivity index (χ1) is 14.4. The molecule has 2 aromatic carbocycles. The largest absolute Gasteiger partial charge is 0.379 e. The van der Waals surface area contributed by atoms with E-state index in [0.717, 1.165) is 24.4 Å². The van der Waals surface area contributed by atoms with E-state index >= 15 is 0 Å². The van der Waals surface area contributed by atoms with E-state index in [4.69, 9.17) is 4.18 Å². The van der Waals surface area contributed by atoms with Crippen LogP contribution in [0.2, 0.25) is 0 Å². The van der Waals surface area contributed by atoms with Crippen molar-refractivity contribution in [2.45, 2.75) is 43.9 Å². The van der Waals surface area contributed by atoms with E-state index in [-0.39, 0.29) is 16.7 Å². The highest BCUT2D eigenvalue weighted by molar-refractivity contribution is 7.87. The summed E-state index contributed by atoms with van der Waals surface area (Å²) in [7, 11) is -3.93. The van der Waals surface area contributed by atoms with Gasteiger partial charge in [-0.3, -0.25) is 4.90 Å². The maximum atomic E-state index is 12.7. The molecule has 1 heterocycles. The number of urea groups is 1. The van der Waals surface area contributed by atoms with Crippen molar-refractivity contribution < 1.29 is 17.4 Å². The fourth-order valence-corrected chi connectivity index (χ4v) is 4.94. The molecule has 160 valence electrons. The average molecular weight is 429 g/mol. The maximum absolute atomic E-state index is 12.7. The topological polar surface area (TPSA) is 66.9 Å². The SMILES string of the molecule is Cc1cccc(OS(=O)(=O)c2ccc(N3CCN(CCCC4CCC4)C3=O)cc2)c1. The first kappa shape index (κ1) is 20.7. The molecular weight excluding hydrogens is 400 g/mol. The second-order valence-corrected chi connectivity index (χ2v) is 9.75. The predicted molar refractivity (Wildman–Crippen MR) is 116 cm³/mol. The lowest BCUT2D eigenvalue weighted by Gasteiger charge is -2.26. The van der Waals surface area contributed by atoms with Crippen LogP contribution in [0.25, 0.3) is 0 Å². The van der Waals surface area contributed by atoms with Gasteiger partial charge < -0.3 is 9.08 Å². The minimum absolute atomic E-state index is 0.00442. The molecule has 1 aliphatic heterocycles. The number of nitrogens with zero attached hydrogens (tertiary/aromatic N) is 2. The van der Waals surface area contributed by atoms with Crippen molar-refractivity contribution in [3.8, 4) is 5.75 Å². The van der Waals surface area contributed by atoms with Gasteiger partial charge in [-0.05, 0) is 67.6 Å². The third-order valence-corrected chi connectivity index (χ3v) is 7.25. The van der Waals surface area contributed by atoms with Crippen molar-refractivity contribution in [3.05, 3.63) is 54.1 Å². The lowest BCUT2D eigenvalue weighted by atomic mass is 9.82. The highest BCUT2D eigenvalue weighted by atomic mass is 32.2. The van der Waals surface area contributed by atoms with Crippen LogP contribution < -0.4 is 9.08 Å². The van der Waals surface area contributed by atoms with Crippen LogP contribution in [0.15, 0.2) is 53.4 Å². The van der Waals surface area contributed by atoms with Gasteiger partial charge in [-0.25, -0.2) is 4.79 Å². The predicted octanol–water partition coefficient (Wildman–Crippen LogP) is 4.59. The monoisotopic (exact) mass is 428 g/mol. The third kappa shape index (κ3) is 4.61. The van der Waals surface area contributed by atoms with Crippen LogP contribution in [0.1, 0.15) is 37.7 Å². The molecule has 0 atom stereocenters. The summed E-state index contributed by atoms with van der Waals surface area (Å²) in [6.07, 6.45) is 6.28. The molecule has 4 rings (SSSR count). The van der Waals surface area contributed by atoms with Gasteiger partial charge >= 0.3 is 16.1 Å². The van der Waals surface area contributed by atoms with Crippen molar-refractivity contribution in [1.29, 1.82) is 0 Å². The lowest BCUT2D eigenvalue weighted by molar-refractivity contribution is 0.215. The van der Waals surface area contributed by atoms with Crippen molar-refractivity contribution in [2.24, 2.45) is 5.92 Å². The first-order valence-electron chi connectivity index (χ1n) is 10.6. The Morgan fingerprint density at radius 3 is 2.50 bits per heavy atom. The summed E-state index contributed by atoms with van der Waals surface area (Å²) in [6.45, 7) is 3.99. The molecule has 2 fully saturated rings. The molecule has 2 aliphatic rings. The molecule has 0 bridgehead atoms. The Bertz CT molecular complexity index is 1000. The Kier molecular flexibility index (Phi) is 5.99. The number of carbonyl (C=O) groups excluding carboxylic acids is 1. The van der Waals surface area contributed by atoms with Crippen LogP contribution in [0, 0.1) is 12.8 Å². The molecule has 0 aromatic heterocycles. The van der Waals surface area contributed by atoms with Gasteiger partial charge in [0.2, 0.25) is 0 Å². The Hall–Kier alpha value is -2.54. The number of anilines is 1. The molecule has 0 radical (unpaired) electrons. The van der Waals surface area contributed by atoms with Gasteiger partial charge in [0.25, 0.3) is 0 Å². The molecule has 0 spiro atoms. The van der Waals surface area contributed by atoms with E-state index in [1.54, 1.807) is 35.2 Å². The van der Waals surface area contributed by atoms with Gasteiger partial charge in [0.15, 0.2) is 0 Å². The molecule has 7 heteroatoms. The molecule has 30 heavy (non-hydrogen) atoms. The van der Waals surface area contributed by atoms with Crippen LogP contribution in [0.5, 0.6) is 5.75 Å². The van der Waals surface area contributed by atoms with Crippen molar-refractivity contribution in [1.82, 2.24) is 4.90 Å². The van der Waals surface area contributed by atoms with Crippen LogP contribution in [-0.2, 0) is 10.1 Å². The van der Waals surface area contributed by atoms with Gasteiger partial charge in [0.05, 0.1) is 0 Å². The van der Waals surface area contributed by atoms with Gasteiger partial charge in [0, 0.05) is 25.3 Å². The zero-order valence-electron chi connectivity index (χ0n) is 17.3. The van der Waals surface area contributed by atoms with E-state index in [2.05, 4.69) is 0 Å². The highest BCUT2D eigenvalue weighted by Gasteiger charge is 2.30. The Morgan fingerprint density at radius 2 is 1.83 bits per heavy atom. The summed E-state index contributed by atoms with van der Waals surface area (Å²) in [5.74, 6) is 1.14. The third-order valence-electron chi connectivity index (χ3n) is 5.99. The number of rotatable bonds is 8. The maximum Gasteiger partial charge on any atom is 0.339 e. The number of carbonyl (C=O) groups is 1. The quantitative estimate of drug-likeness (QED) is 0.577. The summed E-state index contributed by atoms with van der Waals surface area (Å²) < 4.78 is 30.3. The summed E-state index contributed by atoms with van der Waals surface area (Å²) in [4.78, 5) is 16.4. The van der Waals surface area contributed by atoms with Crippen LogP contribution in [0.3, 0.4) is 0 Å². The number of hydrogen-bond donors (Lipinski definition) is 0. The molecule has 1 saturated carbocycles. The van der Waals surface area contributed by atoms with E-state index < -0.39 is 10.1 Å². The van der Waals surface area contributed by atoms with E-state index in [1.165, 1.54) is 37.8 Å². The van der Waals surface area contributed by atoms with Crippen LogP contribution in [-0.4, -0.2) is 39.0 Å². The normalized spacial score (nSPS) is 17.3. The minimum atomic E-state index is -3.93. The summed E-state index contributed by atoms with van der Waals surface area (Å²) in [5, 5.41) is 0. The minimum Gasteiger partial charge on any atom is -0.379 e. The Labute approximate surface area is 178 Å². The number of amides is 2. The second kappa shape index (κ2) is 8.68. The van der Waals surface area contributed by atoms with Gasteiger partial charge in [-0.15, -0.1) is 0 Å². The fraction of sp³-hybridized carbons (Fsp3) is 0.435. The van der Waals surface area contributed by atoms with Gasteiger partial charge in [-0.1, -0.05) is 31.4 Å². The number of benzene rings is 2. The molecule has 2 aromatic rings. The molecule has 0 N–H and O–H groups in total. The van der Waals surface area contributed by atoms with Crippen LogP contribution in [0.4, 0.5) is 10.5 Å². The smallest absolute Gasteiger partial charge is 0.339 e. The molecule has 1 saturated heterocycles. The summed E-state index contributed by atoms with van der Waals surface area (Å²) >= 11 is 0. The Morgan fingerprint density at radius 1 is 1.07 bits per heavy atom. The number of aryl methyl sites for hydroxylation is 1. The van der Waals surface area contributed by atoms with Gasteiger partial charge in [-0.2, -0.15) is 8.42 Å². The lowest BCUT2D eigenvalue weighted by Crippen LogP contribution is -2.32. The second-order valence-electron chi connectivity index (χ2n) is 8.21. The zero-order chi connectivity index (χ0) is 21.1. The molecule has 1 aliphatic carbocycles. The fourth-order valence-electron chi connectivity index (χ4n) is 4.02. The van der Waals surface area contributed by atoms with E-state index in [9.17, 15) is 13.2 Å². The van der Waals surface area contributed by atoms with E-state index in [1.807, 2.05) is 17.9 Å². The number of hydrogen-bond acceptors (Lipinski definition) is 4. The molecule has 6 nitrogen and oxygen atoms in total. The Balaban J connectivity index is 1.37. The van der Waals surface area contributed by atoms with Crippen LogP contribution >= 0.6 is 0 Å². The summed E-state index contributed by atoms with van der Waals surface area (Å²) in [6, 6.07) is 13.2. The van der Waals surface area contributed by atoms with E-state index in [0.29, 0.717) is 18.8 Å². The standard InChI is InChI=1S/C23H28N2O4S/c1-18-5-2-9-21(17-18)29-30(27,28)22-12-10-20(11-13-22)25-16-15-24(23(25)26)14-4-8-19-6-3-7-19/h2,5,9-13,17,19H,3-4,6-8,14-16H2,1H3.